The van der Waals surface area contributed by atoms with E-state index in [0.717, 1.165) is 80.1 Å². The Morgan fingerprint density at radius 2 is 1.97 bits per heavy atom. The van der Waals surface area contributed by atoms with Crippen LogP contribution < -0.4 is 9.47 Å². The van der Waals surface area contributed by atoms with Gasteiger partial charge in [-0.2, -0.15) is 0 Å². The second kappa shape index (κ2) is 12.9. The van der Waals surface area contributed by atoms with Gasteiger partial charge in [0.05, 0.1) is 18.8 Å². The van der Waals surface area contributed by atoms with Crippen LogP contribution in [-0.4, -0.2) is 48.7 Å². The topological polar surface area (TPSA) is 60.9 Å². The highest BCUT2D eigenvalue weighted by atomic mass is 16.5. The van der Waals surface area contributed by atoms with E-state index in [0.29, 0.717) is 18.1 Å². The lowest BCUT2D eigenvalue weighted by Gasteiger charge is -2.35. The molecule has 1 aromatic heterocycles. The summed E-state index contributed by atoms with van der Waals surface area (Å²) in [4.78, 5) is 19.7. The smallest absolute Gasteiger partial charge is 0.311 e. The van der Waals surface area contributed by atoms with Crippen LogP contribution in [0.5, 0.6) is 11.5 Å². The minimum absolute atomic E-state index is 0.198. The van der Waals surface area contributed by atoms with Gasteiger partial charge in [0.25, 0.3) is 0 Å². The first kappa shape index (κ1) is 27.6. The van der Waals surface area contributed by atoms with Gasteiger partial charge in [0, 0.05) is 43.0 Å². The molecule has 4 rings (SSSR count). The molecule has 0 spiro atoms. The predicted octanol–water partition coefficient (Wildman–Crippen LogP) is 6.54. The van der Waals surface area contributed by atoms with Crippen molar-refractivity contribution >= 4 is 5.97 Å². The molecule has 0 aliphatic carbocycles. The number of rotatable bonds is 12. The van der Waals surface area contributed by atoms with Crippen molar-refractivity contribution in [3.63, 3.8) is 0 Å². The van der Waals surface area contributed by atoms with Gasteiger partial charge >= 0.3 is 5.97 Å². The highest BCUT2D eigenvalue weighted by Crippen LogP contribution is 2.49. The second-order valence-electron chi connectivity index (χ2n) is 11.2. The van der Waals surface area contributed by atoms with Gasteiger partial charge in [-0.05, 0) is 69.3 Å². The largest absolute Gasteiger partial charge is 0.482 e. The van der Waals surface area contributed by atoms with Gasteiger partial charge in [-0.25, -0.2) is 0 Å². The van der Waals surface area contributed by atoms with Crippen molar-refractivity contribution in [2.24, 2.45) is 5.92 Å². The van der Waals surface area contributed by atoms with E-state index in [9.17, 15) is 4.79 Å². The number of hydrogen-bond acceptors (Lipinski definition) is 6. The molecule has 37 heavy (non-hydrogen) atoms. The maximum absolute atomic E-state index is 13.0. The van der Waals surface area contributed by atoms with Crippen LogP contribution in [0.1, 0.15) is 83.8 Å². The van der Waals surface area contributed by atoms with Crippen LogP contribution in [-0.2, 0) is 21.6 Å². The maximum atomic E-state index is 13.0. The SMILES string of the molecule is CCCCCC(C)CCc1cc(OC(=O)CCCN2CCOCC2)c2c(c1)OC(C)(C)c1ccncc1-2. The lowest BCUT2D eigenvalue weighted by atomic mass is 9.86. The monoisotopic (exact) mass is 508 g/mol. The number of pyridine rings is 1. The molecule has 1 saturated heterocycles. The third-order valence-corrected chi connectivity index (χ3v) is 7.64. The molecule has 6 heteroatoms. The van der Waals surface area contributed by atoms with E-state index in [1.807, 2.05) is 12.3 Å². The third-order valence-electron chi connectivity index (χ3n) is 7.64. The molecule has 2 aliphatic rings. The van der Waals surface area contributed by atoms with Gasteiger partial charge in [0.1, 0.15) is 17.1 Å². The van der Waals surface area contributed by atoms with Gasteiger partial charge in [-0.15, -0.1) is 0 Å². The number of hydrogen-bond donors (Lipinski definition) is 0. The molecule has 0 N–H and O–H groups in total. The quantitative estimate of drug-likeness (QED) is 0.184. The number of carbonyl (C=O) groups is 1. The first-order valence-electron chi connectivity index (χ1n) is 14.2. The van der Waals surface area contributed by atoms with Crippen LogP contribution in [0.25, 0.3) is 11.1 Å². The van der Waals surface area contributed by atoms with Crippen LogP contribution in [0, 0.1) is 5.92 Å². The zero-order valence-electron chi connectivity index (χ0n) is 23.2. The number of esters is 1. The van der Waals surface area contributed by atoms with Crippen molar-refractivity contribution in [1.82, 2.24) is 9.88 Å². The summed E-state index contributed by atoms with van der Waals surface area (Å²) < 4.78 is 18.0. The van der Waals surface area contributed by atoms with Gasteiger partial charge in [-0.1, -0.05) is 39.5 Å². The van der Waals surface area contributed by atoms with E-state index in [1.165, 1.54) is 25.7 Å². The molecule has 2 aliphatic heterocycles. The van der Waals surface area contributed by atoms with Crippen LogP contribution in [0.3, 0.4) is 0 Å². The summed E-state index contributed by atoms with van der Waals surface area (Å²) in [6.45, 7) is 13.0. The van der Waals surface area contributed by atoms with Crippen molar-refractivity contribution in [3.8, 4) is 22.6 Å². The first-order valence-corrected chi connectivity index (χ1v) is 14.2. The lowest BCUT2D eigenvalue weighted by Crippen LogP contribution is -2.37. The summed E-state index contributed by atoms with van der Waals surface area (Å²) >= 11 is 0. The van der Waals surface area contributed by atoms with E-state index < -0.39 is 5.60 Å². The Labute approximate surface area is 222 Å². The van der Waals surface area contributed by atoms with Gasteiger partial charge in [-0.3, -0.25) is 14.7 Å². The molecule has 0 amide bonds. The molecular formula is C31H44N2O4. The van der Waals surface area contributed by atoms with Crippen LogP contribution in [0.4, 0.5) is 0 Å². The lowest BCUT2D eigenvalue weighted by molar-refractivity contribution is -0.134. The van der Waals surface area contributed by atoms with Gasteiger partial charge in [0.15, 0.2) is 0 Å². The standard InChI is InChI=1S/C31H44N2O4/c1-5-6-7-9-23(2)11-12-24-20-27(36-29(34)10-8-15-33-16-18-35-19-17-33)30-25-22-32-14-13-26(25)31(3,4)37-28(30)21-24/h13-14,20-23H,5-12,15-19H2,1-4H3. The Hall–Kier alpha value is -2.44. The normalized spacial score (nSPS) is 17.4. The number of aromatic nitrogens is 1. The van der Waals surface area contributed by atoms with Crippen LogP contribution >= 0.6 is 0 Å². The summed E-state index contributed by atoms with van der Waals surface area (Å²) in [6, 6.07) is 6.19. The number of nitrogens with zero attached hydrogens (tertiary/aromatic N) is 2. The molecule has 202 valence electrons. The summed E-state index contributed by atoms with van der Waals surface area (Å²) in [5.74, 6) is 1.83. The third kappa shape index (κ3) is 7.32. The Balaban J connectivity index is 1.52. The molecule has 1 unspecified atom stereocenters. The molecule has 0 bridgehead atoms. The molecule has 3 heterocycles. The molecule has 0 saturated carbocycles. The summed E-state index contributed by atoms with van der Waals surface area (Å²) in [6.07, 6.45) is 12.0. The first-order chi connectivity index (χ1) is 17.9. The molecule has 2 aromatic rings. The van der Waals surface area contributed by atoms with Gasteiger partial charge < -0.3 is 14.2 Å². The maximum Gasteiger partial charge on any atom is 0.311 e. The van der Waals surface area contributed by atoms with E-state index in [4.69, 9.17) is 14.2 Å². The van der Waals surface area contributed by atoms with E-state index in [2.05, 4.69) is 49.7 Å². The fraction of sp³-hybridized carbons (Fsp3) is 0.613. The van der Waals surface area contributed by atoms with Crippen molar-refractivity contribution in [2.75, 3.05) is 32.8 Å². The number of benzene rings is 1. The average molecular weight is 509 g/mol. The number of morpholine rings is 1. The summed E-state index contributed by atoms with van der Waals surface area (Å²) in [5, 5.41) is 0. The molecular weight excluding hydrogens is 464 g/mol. The van der Waals surface area contributed by atoms with Crippen molar-refractivity contribution in [1.29, 1.82) is 0 Å². The second-order valence-corrected chi connectivity index (χ2v) is 11.2. The van der Waals surface area contributed by atoms with Crippen LogP contribution in [0.15, 0.2) is 30.6 Å². The molecule has 1 fully saturated rings. The highest BCUT2D eigenvalue weighted by molar-refractivity contribution is 5.84. The average Bonchev–Trinajstić information content (AvgIpc) is 2.88. The summed E-state index contributed by atoms with van der Waals surface area (Å²) in [5.41, 5.74) is 3.53. The van der Waals surface area contributed by atoms with E-state index >= 15 is 0 Å². The van der Waals surface area contributed by atoms with Crippen molar-refractivity contribution < 1.29 is 19.0 Å². The fourth-order valence-electron chi connectivity index (χ4n) is 5.41. The number of carbonyl (C=O) groups excluding carboxylic acids is 1. The van der Waals surface area contributed by atoms with Gasteiger partial charge in [0.2, 0.25) is 0 Å². The van der Waals surface area contributed by atoms with Crippen molar-refractivity contribution in [2.45, 2.75) is 84.7 Å². The Morgan fingerprint density at radius 1 is 1.16 bits per heavy atom. The number of aryl methyl sites for hydroxylation is 1. The van der Waals surface area contributed by atoms with E-state index in [-0.39, 0.29) is 5.97 Å². The molecule has 1 aromatic carbocycles. The predicted molar refractivity (Wildman–Crippen MR) is 147 cm³/mol. The summed E-state index contributed by atoms with van der Waals surface area (Å²) in [7, 11) is 0. The number of ether oxygens (including phenoxy) is 3. The minimum atomic E-state index is -0.489. The van der Waals surface area contributed by atoms with Crippen molar-refractivity contribution in [3.05, 3.63) is 41.7 Å². The molecule has 0 radical (unpaired) electrons. The Kier molecular flexibility index (Phi) is 9.60. The minimum Gasteiger partial charge on any atom is -0.482 e. The Bertz CT molecular complexity index is 1050. The number of fused-ring (bicyclic) bond motifs is 3. The van der Waals surface area contributed by atoms with Crippen LogP contribution in [0.2, 0.25) is 0 Å². The zero-order chi connectivity index (χ0) is 26.3. The number of unbranched alkanes of at least 4 members (excludes halogenated alkanes) is 2. The van der Waals surface area contributed by atoms with E-state index in [1.54, 1.807) is 6.20 Å². The fourth-order valence-corrected chi connectivity index (χ4v) is 5.41. The zero-order valence-corrected chi connectivity index (χ0v) is 23.2. The Morgan fingerprint density at radius 3 is 2.76 bits per heavy atom. The highest BCUT2D eigenvalue weighted by Gasteiger charge is 2.35. The molecule has 6 nitrogen and oxygen atoms in total. The molecule has 1 atom stereocenters.